The monoisotopic (exact) mass is 346 g/mol. The number of piperidine rings is 1. The second-order valence-electron chi connectivity index (χ2n) is 6.42. The Labute approximate surface area is 147 Å². The first-order valence-electron chi connectivity index (χ1n) is 8.32. The highest BCUT2D eigenvalue weighted by Gasteiger charge is 2.25. The van der Waals surface area contributed by atoms with Crippen LogP contribution in [0.1, 0.15) is 41.7 Å². The maximum Gasteiger partial charge on any atom is 0.254 e. The fourth-order valence-electron chi connectivity index (χ4n) is 3.22. The first kappa shape index (κ1) is 17.0. The van der Waals surface area contributed by atoms with Gasteiger partial charge >= 0.3 is 0 Å². The van der Waals surface area contributed by atoms with Gasteiger partial charge in [-0.2, -0.15) is 5.10 Å². The van der Waals surface area contributed by atoms with Crippen LogP contribution in [-0.2, 0) is 7.05 Å². The highest BCUT2D eigenvalue weighted by atomic mass is 35.5. The maximum atomic E-state index is 12.2. The van der Waals surface area contributed by atoms with E-state index >= 15 is 0 Å². The van der Waals surface area contributed by atoms with Gasteiger partial charge in [0.05, 0.1) is 11.8 Å². The number of carbonyl (C=O) groups excluding carboxylic acids is 1. The van der Waals surface area contributed by atoms with Crippen molar-refractivity contribution in [2.75, 3.05) is 13.1 Å². The van der Waals surface area contributed by atoms with Crippen LogP contribution in [0, 0.1) is 0 Å². The molecule has 1 unspecified atom stereocenters. The number of nitrogens with zero attached hydrogens (tertiary/aromatic N) is 3. The van der Waals surface area contributed by atoms with Crippen molar-refractivity contribution in [3.8, 4) is 0 Å². The fraction of sp³-hybridized carbons (Fsp3) is 0.444. The molecule has 128 valence electrons. The minimum atomic E-state index is -0.0376. The predicted octanol–water partition coefficient (Wildman–Crippen LogP) is 3.03. The van der Waals surface area contributed by atoms with Gasteiger partial charge in [0, 0.05) is 43.4 Å². The van der Waals surface area contributed by atoms with Crippen LogP contribution in [0.15, 0.2) is 36.7 Å². The number of hydrogen-bond donors (Lipinski definition) is 1. The van der Waals surface area contributed by atoms with E-state index in [9.17, 15) is 4.79 Å². The SMILES string of the molecule is CC(c1cccc(Cl)c1)N1CCC(NC(=O)c2cnn(C)c2)CC1. The van der Waals surface area contributed by atoms with Crippen molar-refractivity contribution < 1.29 is 4.79 Å². The molecule has 0 aliphatic carbocycles. The molecule has 1 aromatic heterocycles. The quantitative estimate of drug-likeness (QED) is 0.925. The third-order valence-electron chi connectivity index (χ3n) is 4.71. The number of aromatic nitrogens is 2. The van der Waals surface area contributed by atoms with E-state index in [2.05, 4.69) is 28.3 Å². The molecule has 2 heterocycles. The van der Waals surface area contributed by atoms with Gasteiger partial charge in [-0.05, 0) is 37.5 Å². The van der Waals surface area contributed by atoms with Gasteiger partial charge in [0.15, 0.2) is 0 Å². The third-order valence-corrected chi connectivity index (χ3v) is 4.95. The molecule has 0 bridgehead atoms. The largest absolute Gasteiger partial charge is 0.349 e. The summed E-state index contributed by atoms with van der Waals surface area (Å²) in [5, 5.41) is 7.94. The van der Waals surface area contributed by atoms with Crippen molar-refractivity contribution in [1.82, 2.24) is 20.0 Å². The van der Waals surface area contributed by atoms with E-state index in [1.807, 2.05) is 25.2 Å². The lowest BCUT2D eigenvalue weighted by atomic mass is 10.00. The summed E-state index contributed by atoms with van der Waals surface area (Å²) in [6, 6.07) is 8.60. The number of hydrogen-bond acceptors (Lipinski definition) is 3. The van der Waals surface area contributed by atoms with Gasteiger partial charge in [0.2, 0.25) is 0 Å². The number of likely N-dealkylation sites (tertiary alicyclic amines) is 1. The highest BCUT2D eigenvalue weighted by Crippen LogP contribution is 2.26. The molecule has 1 saturated heterocycles. The number of rotatable bonds is 4. The van der Waals surface area contributed by atoms with Crippen LogP contribution in [0.5, 0.6) is 0 Å². The zero-order valence-electron chi connectivity index (χ0n) is 14.1. The lowest BCUT2D eigenvalue weighted by molar-refractivity contribution is 0.0896. The van der Waals surface area contributed by atoms with Crippen LogP contribution >= 0.6 is 11.6 Å². The topological polar surface area (TPSA) is 50.2 Å². The standard InChI is InChI=1S/C18H23ClN4O/c1-13(14-4-3-5-16(19)10-14)23-8-6-17(7-9-23)21-18(24)15-11-20-22(2)12-15/h3-5,10-13,17H,6-9H2,1-2H3,(H,21,24). The van der Waals surface area contributed by atoms with E-state index < -0.39 is 0 Å². The Morgan fingerprint density at radius 2 is 2.12 bits per heavy atom. The second-order valence-corrected chi connectivity index (χ2v) is 6.85. The van der Waals surface area contributed by atoms with E-state index in [4.69, 9.17) is 11.6 Å². The molecular formula is C18H23ClN4O. The van der Waals surface area contributed by atoms with E-state index in [0.29, 0.717) is 11.6 Å². The molecule has 1 aliphatic rings. The summed E-state index contributed by atoms with van der Waals surface area (Å²) >= 11 is 6.10. The minimum Gasteiger partial charge on any atom is -0.349 e. The molecule has 2 aromatic rings. The lowest BCUT2D eigenvalue weighted by Gasteiger charge is -2.36. The Bertz CT molecular complexity index is 707. The van der Waals surface area contributed by atoms with Crippen LogP contribution in [0.25, 0.3) is 0 Å². The molecule has 0 radical (unpaired) electrons. The van der Waals surface area contributed by atoms with Crippen molar-refractivity contribution in [3.63, 3.8) is 0 Å². The number of aryl methyl sites for hydroxylation is 1. The zero-order chi connectivity index (χ0) is 17.1. The smallest absolute Gasteiger partial charge is 0.254 e. The molecule has 24 heavy (non-hydrogen) atoms. The number of amides is 1. The molecule has 3 rings (SSSR count). The average Bonchev–Trinajstić information content (AvgIpc) is 3.01. The summed E-state index contributed by atoms with van der Waals surface area (Å²) in [4.78, 5) is 14.7. The Morgan fingerprint density at radius 1 is 1.38 bits per heavy atom. The molecule has 5 nitrogen and oxygen atoms in total. The summed E-state index contributed by atoms with van der Waals surface area (Å²) in [6.45, 7) is 4.14. The molecule has 0 saturated carbocycles. The second kappa shape index (κ2) is 7.36. The van der Waals surface area contributed by atoms with Crippen molar-refractivity contribution in [2.45, 2.75) is 31.8 Å². The number of halogens is 1. The van der Waals surface area contributed by atoms with Crippen molar-refractivity contribution in [1.29, 1.82) is 0 Å². The van der Waals surface area contributed by atoms with Crippen LogP contribution in [0.3, 0.4) is 0 Å². The fourth-order valence-corrected chi connectivity index (χ4v) is 3.41. The molecule has 1 fully saturated rings. The summed E-state index contributed by atoms with van der Waals surface area (Å²) in [5.74, 6) is -0.0376. The van der Waals surface area contributed by atoms with Gasteiger partial charge < -0.3 is 5.32 Å². The molecule has 1 aromatic carbocycles. The first-order chi connectivity index (χ1) is 11.5. The number of carbonyl (C=O) groups is 1. The average molecular weight is 347 g/mol. The minimum absolute atomic E-state index is 0.0376. The first-order valence-corrected chi connectivity index (χ1v) is 8.70. The van der Waals surface area contributed by atoms with E-state index in [0.717, 1.165) is 31.0 Å². The van der Waals surface area contributed by atoms with Crippen molar-refractivity contribution in [3.05, 3.63) is 52.8 Å². The normalized spacial score (nSPS) is 17.6. The summed E-state index contributed by atoms with van der Waals surface area (Å²) in [6.07, 6.45) is 5.26. The van der Waals surface area contributed by atoms with Crippen LogP contribution in [-0.4, -0.2) is 39.7 Å². The number of benzene rings is 1. The Hall–Kier alpha value is -1.85. The van der Waals surface area contributed by atoms with Gasteiger partial charge in [-0.3, -0.25) is 14.4 Å². The summed E-state index contributed by atoms with van der Waals surface area (Å²) in [5.41, 5.74) is 1.85. The van der Waals surface area contributed by atoms with E-state index in [1.54, 1.807) is 17.1 Å². The van der Waals surface area contributed by atoms with Gasteiger partial charge in [-0.15, -0.1) is 0 Å². The number of nitrogens with one attached hydrogen (secondary N) is 1. The van der Waals surface area contributed by atoms with Crippen molar-refractivity contribution >= 4 is 17.5 Å². The molecule has 1 aliphatic heterocycles. The van der Waals surface area contributed by atoms with Gasteiger partial charge in [-0.25, -0.2) is 0 Å². The molecule has 1 atom stereocenters. The van der Waals surface area contributed by atoms with Crippen LogP contribution in [0.4, 0.5) is 0 Å². The molecule has 1 N–H and O–H groups in total. The molecule has 6 heteroatoms. The Balaban J connectivity index is 1.53. The maximum absolute atomic E-state index is 12.2. The molecule has 1 amide bonds. The zero-order valence-corrected chi connectivity index (χ0v) is 14.8. The summed E-state index contributed by atoms with van der Waals surface area (Å²) < 4.78 is 1.64. The molecular weight excluding hydrogens is 324 g/mol. The molecule has 0 spiro atoms. The van der Waals surface area contributed by atoms with E-state index in [1.165, 1.54) is 5.56 Å². The van der Waals surface area contributed by atoms with Gasteiger partial charge in [-0.1, -0.05) is 23.7 Å². The van der Waals surface area contributed by atoms with Crippen LogP contribution < -0.4 is 5.32 Å². The predicted molar refractivity (Wildman–Crippen MR) is 95.1 cm³/mol. The van der Waals surface area contributed by atoms with Gasteiger partial charge in [0.1, 0.15) is 0 Å². The van der Waals surface area contributed by atoms with E-state index in [-0.39, 0.29) is 11.9 Å². The van der Waals surface area contributed by atoms with Gasteiger partial charge in [0.25, 0.3) is 5.91 Å². The Morgan fingerprint density at radius 3 is 2.75 bits per heavy atom. The highest BCUT2D eigenvalue weighted by molar-refractivity contribution is 6.30. The Kier molecular flexibility index (Phi) is 5.21. The van der Waals surface area contributed by atoms with Crippen LogP contribution in [0.2, 0.25) is 5.02 Å². The van der Waals surface area contributed by atoms with Crippen molar-refractivity contribution in [2.24, 2.45) is 7.05 Å². The third kappa shape index (κ3) is 3.97. The lowest BCUT2D eigenvalue weighted by Crippen LogP contribution is -2.45. The summed E-state index contributed by atoms with van der Waals surface area (Å²) in [7, 11) is 1.81.